The van der Waals surface area contributed by atoms with Crippen molar-refractivity contribution >= 4 is 17.4 Å². The van der Waals surface area contributed by atoms with Crippen molar-refractivity contribution in [2.45, 2.75) is 38.3 Å². The van der Waals surface area contributed by atoms with Crippen molar-refractivity contribution in [1.29, 1.82) is 0 Å². The monoisotopic (exact) mass is 308 g/mol. The van der Waals surface area contributed by atoms with Crippen molar-refractivity contribution in [3.05, 3.63) is 22.8 Å². The average molecular weight is 309 g/mol. The molecule has 1 aromatic rings. The van der Waals surface area contributed by atoms with Gasteiger partial charge in [-0.15, -0.1) is 0 Å². The van der Waals surface area contributed by atoms with Gasteiger partial charge in [-0.3, -0.25) is 4.90 Å². The van der Waals surface area contributed by atoms with Gasteiger partial charge in [0, 0.05) is 31.9 Å². The van der Waals surface area contributed by atoms with Crippen molar-refractivity contribution in [1.82, 2.24) is 15.2 Å². The number of hydrogen-bond acceptors (Lipinski definition) is 4. The Labute approximate surface area is 132 Å². The lowest BCUT2D eigenvalue weighted by atomic mass is 10.1. The Hall–Kier alpha value is -0.840. The molecule has 4 nitrogen and oxygen atoms in total. The van der Waals surface area contributed by atoms with Crippen molar-refractivity contribution in [3.8, 4) is 0 Å². The molecule has 21 heavy (non-hydrogen) atoms. The molecular formula is C16H25ClN4. The van der Waals surface area contributed by atoms with Crippen LogP contribution in [0.15, 0.2) is 12.3 Å². The lowest BCUT2D eigenvalue weighted by molar-refractivity contribution is 0.175. The van der Waals surface area contributed by atoms with Crippen LogP contribution in [-0.2, 0) is 6.54 Å². The van der Waals surface area contributed by atoms with Crippen LogP contribution >= 0.6 is 11.6 Å². The largest absolute Gasteiger partial charge is 0.354 e. The Morgan fingerprint density at radius 3 is 2.81 bits per heavy atom. The number of nitrogens with zero attached hydrogens (tertiary/aromatic N) is 3. The second-order valence-corrected chi connectivity index (χ2v) is 6.57. The van der Waals surface area contributed by atoms with Crippen LogP contribution in [0.3, 0.4) is 0 Å². The second-order valence-electron chi connectivity index (χ2n) is 6.16. The normalized spacial score (nSPS) is 23.7. The zero-order valence-corrected chi connectivity index (χ0v) is 13.6. The summed E-state index contributed by atoms with van der Waals surface area (Å²) in [6.45, 7) is 5.47. The van der Waals surface area contributed by atoms with E-state index >= 15 is 0 Å². The van der Waals surface area contributed by atoms with Crippen LogP contribution in [0.1, 0.15) is 31.2 Å². The number of piperidine rings is 1. The molecule has 1 N–H and O–H groups in total. The summed E-state index contributed by atoms with van der Waals surface area (Å²) in [5.41, 5.74) is 1.14. The van der Waals surface area contributed by atoms with Crippen LogP contribution in [0, 0.1) is 0 Å². The smallest absolute Gasteiger partial charge is 0.147 e. The van der Waals surface area contributed by atoms with E-state index in [0.717, 1.165) is 36.0 Å². The summed E-state index contributed by atoms with van der Waals surface area (Å²) in [7, 11) is 1.94. The molecule has 0 aromatic carbocycles. The summed E-state index contributed by atoms with van der Waals surface area (Å²) in [5, 5.41) is 3.91. The molecule has 1 atom stereocenters. The molecule has 0 amide bonds. The number of likely N-dealkylation sites (tertiary alicyclic amines) is 1. The maximum Gasteiger partial charge on any atom is 0.147 e. The molecule has 2 fully saturated rings. The van der Waals surface area contributed by atoms with Crippen LogP contribution in [-0.4, -0.2) is 49.2 Å². The van der Waals surface area contributed by atoms with E-state index < -0.39 is 0 Å². The van der Waals surface area contributed by atoms with E-state index in [1.165, 1.54) is 38.8 Å². The molecule has 1 unspecified atom stereocenters. The molecule has 1 aromatic heterocycles. The molecule has 2 saturated heterocycles. The number of nitrogens with one attached hydrogen (secondary N) is 1. The lowest BCUT2D eigenvalue weighted by Gasteiger charge is -2.32. The van der Waals surface area contributed by atoms with Gasteiger partial charge < -0.3 is 10.2 Å². The van der Waals surface area contributed by atoms with Crippen LogP contribution in [0.5, 0.6) is 0 Å². The van der Waals surface area contributed by atoms with E-state index in [-0.39, 0.29) is 0 Å². The summed E-state index contributed by atoms with van der Waals surface area (Å²) in [5.74, 6) is 0.955. The van der Waals surface area contributed by atoms with E-state index in [1.54, 1.807) is 0 Å². The summed E-state index contributed by atoms with van der Waals surface area (Å²) in [6, 6.07) is 2.72. The van der Waals surface area contributed by atoms with Gasteiger partial charge in [0.2, 0.25) is 0 Å². The number of pyridine rings is 1. The molecule has 116 valence electrons. The minimum absolute atomic E-state index is 0.681. The van der Waals surface area contributed by atoms with Crippen LogP contribution in [0.4, 0.5) is 5.82 Å². The molecule has 0 aliphatic carbocycles. The van der Waals surface area contributed by atoms with Gasteiger partial charge in [-0.1, -0.05) is 18.0 Å². The van der Waals surface area contributed by atoms with E-state index in [9.17, 15) is 0 Å². The summed E-state index contributed by atoms with van der Waals surface area (Å²) in [6.07, 6.45) is 7.28. The van der Waals surface area contributed by atoms with Gasteiger partial charge in [0.1, 0.15) is 5.82 Å². The first-order chi connectivity index (χ1) is 10.3. The molecule has 0 radical (unpaired) electrons. The Bertz CT molecular complexity index is 473. The fourth-order valence-corrected chi connectivity index (χ4v) is 3.83. The van der Waals surface area contributed by atoms with E-state index in [2.05, 4.69) is 20.1 Å². The standard InChI is InChI=1S/C16H25ClN4/c1-18-10-13-9-15(17)16(19-11-13)21-8-5-14(12-21)20-6-3-2-4-7-20/h9,11,14,18H,2-8,10,12H2,1H3. The molecule has 2 aliphatic heterocycles. The first-order valence-corrected chi connectivity index (χ1v) is 8.44. The summed E-state index contributed by atoms with van der Waals surface area (Å²) < 4.78 is 0. The zero-order valence-electron chi connectivity index (χ0n) is 12.8. The number of anilines is 1. The third-order valence-electron chi connectivity index (χ3n) is 4.63. The summed E-state index contributed by atoms with van der Waals surface area (Å²) >= 11 is 6.43. The van der Waals surface area contributed by atoms with E-state index in [1.807, 2.05) is 19.3 Å². The lowest BCUT2D eigenvalue weighted by Crippen LogP contribution is -2.41. The van der Waals surface area contributed by atoms with Gasteiger partial charge in [-0.2, -0.15) is 0 Å². The summed E-state index contributed by atoms with van der Waals surface area (Å²) in [4.78, 5) is 9.61. The molecule has 3 rings (SSSR count). The predicted molar refractivity (Wildman–Crippen MR) is 88.1 cm³/mol. The Kier molecular flexibility index (Phi) is 4.99. The fraction of sp³-hybridized carbons (Fsp3) is 0.688. The first-order valence-electron chi connectivity index (χ1n) is 8.06. The number of hydrogen-bond donors (Lipinski definition) is 1. The van der Waals surface area contributed by atoms with Crippen molar-refractivity contribution < 1.29 is 0 Å². The van der Waals surface area contributed by atoms with Crippen molar-refractivity contribution in [3.63, 3.8) is 0 Å². The predicted octanol–water partition coefficient (Wildman–Crippen LogP) is 2.52. The van der Waals surface area contributed by atoms with Gasteiger partial charge in [-0.05, 0) is 51.0 Å². The fourth-order valence-electron chi connectivity index (χ4n) is 3.52. The van der Waals surface area contributed by atoms with E-state index in [0.29, 0.717) is 6.04 Å². The van der Waals surface area contributed by atoms with Crippen LogP contribution in [0.25, 0.3) is 0 Å². The van der Waals surface area contributed by atoms with Gasteiger partial charge >= 0.3 is 0 Å². The van der Waals surface area contributed by atoms with E-state index in [4.69, 9.17) is 11.6 Å². The molecule has 2 aliphatic rings. The van der Waals surface area contributed by atoms with Crippen molar-refractivity contribution in [2.24, 2.45) is 0 Å². The topological polar surface area (TPSA) is 31.4 Å². The highest BCUT2D eigenvalue weighted by Gasteiger charge is 2.29. The molecule has 3 heterocycles. The number of aromatic nitrogens is 1. The number of halogens is 1. The van der Waals surface area contributed by atoms with Crippen LogP contribution in [0.2, 0.25) is 5.02 Å². The maximum atomic E-state index is 6.43. The van der Waals surface area contributed by atoms with Gasteiger partial charge in [0.25, 0.3) is 0 Å². The Morgan fingerprint density at radius 2 is 2.10 bits per heavy atom. The quantitative estimate of drug-likeness (QED) is 0.926. The zero-order chi connectivity index (χ0) is 14.7. The molecule has 5 heteroatoms. The third kappa shape index (κ3) is 3.50. The Balaban J connectivity index is 1.65. The SMILES string of the molecule is CNCc1cnc(N2CCC(N3CCCCC3)C2)c(Cl)c1. The van der Waals surface area contributed by atoms with Gasteiger partial charge in [0.15, 0.2) is 0 Å². The molecule has 0 spiro atoms. The van der Waals surface area contributed by atoms with Crippen molar-refractivity contribution in [2.75, 3.05) is 38.1 Å². The second kappa shape index (κ2) is 6.95. The van der Waals surface area contributed by atoms with Gasteiger partial charge in [0.05, 0.1) is 5.02 Å². The molecule has 0 saturated carbocycles. The first kappa shape index (κ1) is 15.1. The minimum Gasteiger partial charge on any atom is -0.354 e. The average Bonchev–Trinajstić information content (AvgIpc) is 2.98. The molecular weight excluding hydrogens is 284 g/mol. The highest BCUT2D eigenvalue weighted by Crippen LogP contribution is 2.29. The van der Waals surface area contributed by atoms with Gasteiger partial charge in [-0.25, -0.2) is 4.98 Å². The minimum atomic E-state index is 0.681. The highest BCUT2D eigenvalue weighted by molar-refractivity contribution is 6.33. The molecule has 0 bridgehead atoms. The highest BCUT2D eigenvalue weighted by atomic mass is 35.5. The maximum absolute atomic E-state index is 6.43. The Morgan fingerprint density at radius 1 is 1.29 bits per heavy atom. The third-order valence-corrected chi connectivity index (χ3v) is 4.91. The van der Waals surface area contributed by atoms with Crippen LogP contribution < -0.4 is 10.2 Å². The number of rotatable bonds is 4.